The third-order valence-electron chi connectivity index (χ3n) is 2.98. The van der Waals surface area contributed by atoms with Crippen molar-refractivity contribution in [2.75, 3.05) is 5.33 Å². The van der Waals surface area contributed by atoms with E-state index in [1.807, 2.05) is 30.3 Å². The minimum Gasteiger partial charge on any atom is -0.385 e. The smallest absolute Gasteiger partial charge is 0.183 e. The fraction of sp³-hybridized carbons (Fsp3) is 0.538. The predicted molar refractivity (Wildman–Crippen MR) is 70.3 cm³/mol. The highest BCUT2D eigenvalue weighted by Crippen LogP contribution is 2.23. The highest BCUT2D eigenvalue weighted by molar-refractivity contribution is 9.09. The molecule has 1 aromatic rings. The van der Waals surface area contributed by atoms with Crippen molar-refractivity contribution in [2.24, 2.45) is 0 Å². The molecule has 1 aromatic carbocycles. The number of alkyl halides is 1. The van der Waals surface area contributed by atoms with E-state index in [1.165, 1.54) is 0 Å². The third kappa shape index (κ3) is 3.52. The van der Waals surface area contributed by atoms with E-state index >= 15 is 0 Å². The molecule has 0 spiro atoms. The van der Waals surface area contributed by atoms with Crippen molar-refractivity contribution in [1.82, 2.24) is 0 Å². The largest absolute Gasteiger partial charge is 0.385 e. The van der Waals surface area contributed by atoms with Gasteiger partial charge in [0.05, 0.1) is 18.8 Å². The van der Waals surface area contributed by atoms with Crippen LogP contribution in [0.1, 0.15) is 12.0 Å². The maximum Gasteiger partial charge on any atom is 0.183 e. The first kappa shape index (κ1) is 14.0. The monoisotopic (exact) mass is 316 g/mol. The van der Waals surface area contributed by atoms with Crippen LogP contribution in [0.5, 0.6) is 0 Å². The second-order valence-corrected chi connectivity index (χ2v) is 5.01. The Labute approximate surface area is 115 Å². The molecule has 0 saturated carbocycles. The molecule has 4 atom stereocenters. The van der Waals surface area contributed by atoms with Crippen molar-refractivity contribution >= 4 is 15.9 Å². The number of hydrogen-bond donors (Lipinski definition) is 2. The number of hydrogen-bond acceptors (Lipinski definition) is 4. The maximum absolute atomic E-state index is 9.81. The Kier molecular flexibility index (Phi) is 5.14. The number of rotatable bonds is 4. The molecule has 4 nitrogen and oxygen atoms in total. The lowest BCUT2D eigenvalue weighted by atomic mass is 10.0. The molecule has 0 radical (unpaired) electrons. The van der Waals surface area contributed by atoms with Gasteiger partial charge in [0.1, 0.15) is 6.10 Å². The van der Waals surface area contributed by atoms with Crippen LogP contribution in [-0.4, -0.2) is 40.1 Å². The SMILES string of the molecule is O[C@@H]1[C@H](O)O[C@H](CBr)C[C@H]1OCc1ccccc1. The van der Waals surface area contributed by atoms with Crippen LogP contribution in [0.15, 0.2) is 30.3 Å². The van der Waals surface area contributed by atoms with E-state index in [-0.39, 0.29) is 6.10 Å². The van der Waals surface area contributed by atoms with Gasteiger partial charge in [-0.15, -0.1) is 0 Å². The Hall–Kier alpha value is -0.460. The molecule has 0 aromatic heterocycles. The standard InChI is InChI=1S/C13H17BrO4/c14-7-10-6-11(12(15)13(16)18-10)17-8-9-4-2-1-3-5-9/h1-5,10-13,15-16H,6-8H2/t10-,11+,12-,13+/m0/s1. The van der Waals surface area contributed by atoms with Crippen molar-refractivity contribution in [3.8, 4) is 0 Å². The Balaban J connectivity index is 1.91. The highest BCUT2D eigenvalue weighted by Gasteiger charge is 2.36. The van der Waals surface area contributed by atoms with Crippen LogP contribution >= 0.6 is 15.9 Å². The van der Waals surface area contributed by atoms with Crippen LogP contribution in [0.3, 0.4) is 0 Å². The van der Waals surface area contributed by atoms with Gasteiger partial charge >= 0.3 is 0 Å². The van der Waals surface area contributed by atoms with Crippen LogP contribution in [0.2, 0.25) is 0 Å². The van der Waals surface area contributed by atoms with Crippen LogP contribution in [0, 0.1) is 0 Å². The van der Waals surface area contributed by atoms with Crippen LogP contribution in [0.4, 0.5) is 0 Å². The van der Waals surface area contributed by atoms with Gasteiger partial charge in [-0.1, -0.05) is 46.3 Å². The summed E-state index contributed by atoms with van der Waals surface area (Å²) in [5, 5.41) is 20.0. The first-order valence-electron chi connectivity index (χ1n) is 5.94. The Morgan fingerprint density at radius 2 is 2.00 bits per heavy atom. The van der Waals surface area contributed by atoms with Crippen molar-refractivity contribution in [1.29, 1.82) is 0 Å². The van der Waals surface area contributed by atoms with Gasteiger partial charge in [0.25, 0.3) is 0 Å². The van der Waals surface area contributed by atoms with E-state index in [1.54, 1.807) is 0 Å². The molecule has 0 bridgehead atoms. The van der Waals surface area contributed by atoms with Crippen LogP contribution < -0.4 is 0 Å². The first-order valence-corrected chi connectivity index (χ1v) is 7.06. The molecule has 100 valence electrons. The summed E-state index contributed by atoms with van der Waals surface area (Å²) in [6.07, 6.45) is -2.15. The summed E-state index contributed by atoms with van der Waals surface area (Å²) in [6.45, 7) is 0.421. The molecule has 0 unspecified atom stereocenters. The summed E-state index contributed by atoms with van der Waals surface area (Å²) in [5.41, 5.74) is 1.04. The summed E-state index contributed by atoms with van der Waals surface area (Å²) < 4.78 is 10.9. The number of benzene rings is 1. The second kappa shape index (κ2) is 6.63. The average Bonchev–Trinajstić information content (AvgIpc) is 2.41. The zero-order valence-corrected chi connectivity index (χ0v) is 11.5. The van der Waals surface area contributed by atoms with E-state index in [4.69, 9.17) is 9.47 Å². The van der Waals surface area contributed by atoms with Crippen LogP contribution in [0.25, 0.3) is 0 Å². The minimum absolute atomic E-state index is 0.135. The molecular weight excluding hydrogens is 300 g/mol. The summed E-state index contributed by atoms with van der Waals surface area (Å²) in [6, 6.07) is 9.75. The molecule has 18 heavy (non-hydrogen) atoms. The normalized spacial score (nSPS) is 32.4. The molecule has 0 aliphatic carbocycles. The van der Waals surface area contributed by atoms with Gasteiger partial charge < -0.3 is 19.7 Å². The molecule has 1 heterocycles. The van der Waals surface area contributed by atoms with Crippen molar-refractivity contribution in [3.05, 3.63) is 35.9 Å². The van der Waals surface area contributed by atoms with Crippen molar-refractivity contribution in [3.63, 3.8) is 0 Å². The summed E-state index contributed by atoms with van der Waals surface area (Å²) in [7, 11) is 0. The molecular formula is C13H17BrO4. The van der Waals surface area contributed by atoms with Crippen molar-refractivity contribution < 1.29 is 19.7 Å². The average molecular weight is 317 g/mol. The molecule has 1 fully saturated rings. The van der Waals surface area contributed by atoms with E-state index in [9.17, 15) is 10.2 Å². The van der Waals surface area contributed by atoms with Crippen LogP contribution in [-0.2, 0) is 16.1 Å². The lowest BCUT2D eigenvalue weighted by Crippen LogP contribution is -2.49. The molecule has 1 aliphatic heterocycles. The highest BCUT2D eigenvalue weighted by atomic mass is 79.9. The third-order valence-corrected chi connectivity index (χ3v) is 3.70. The zero-order chi connectivity index (χ0) is 13.0. The van der Waals surface area contributed by atoms with Gasteiger partial charge in [0, 0.05) is 11.8 Å². The summed E-state index contributed by atoms with van der Waals surface area (Å²) in [4.78, 5) is 0. The molecule has 5 heteroatoms. The Bertz CT molecular complexity index is 359. The lowest BCUT2D eigenvalue weighted by molar-refractivity contribution is -0.251. The molecule has 1 aliphatic rings. The van der Waals surface area contributed by atoms with Gasteiger partial charge in [-0.3, -0.25) is 0 Å². The molecule has 2 rings (SSSR count). The van der Waals surface area contributed by atoms with Crippen molar-refractivity contribution in [2.45, 2.75) is 37.6 Å². The second-order valence-electron chi connectivity index (χ2n) is 4.36. The first-order chi connectivity index (χ1) is 8.70. The fourth-order valence-electron chi connectivity index (χ4n) is 1.96. The topological polar surface area (TPSA) is 58.9 Å². The molecule has 0 amide bonds. The number of halogens is 1. The van der Waals surface area contributed by atoms with E-state index in [2.05, 4.69) is 15.9 Å². The Morgan fingerprint density at radius 3 is 2.67 bits per heavy atom. The van der Waals surface area contributed by atoms with Gasteiger partial charge in [-0.05, 0) is 5.56 Å². The fourth-order valence-corrected chi connectivity index (χ4v) is 2.38. The molecule has 2 N–H and O–H groups in total. The van der Waals surface area contributed by atoms with Gasteiger partial charge in [0.2, 0.25) is 0 Å². The summed E-state index contributed by atoms with van der Waals surface area (Å²) >= 11 is 3.31. The van der Waals surface area contributed by atoms with Gasteiger partial charge in [-0.25, -0.2) is 0 Å². The number of ether oxygens (including phenoxy) is 2. The number of aliphatic hydroxyl groups is 2. The Morgan fingerprint density at radius 1 is 1.28 bits per heavy atom. The number of aliphatic hydroxyl groups excluding tert-OH is 2. The van der Waals surface area contributed by atoms with E-state index in [0.717, 1.165) is 5.56 Å². The van der Waals surface area contributed by atoms with E-state index in [0.29, 0.717) is 18.4 Å². The lowest BCUT2D eigenvalue weighted by Gasteiger charge is -2.36. The zero-order valence-electron chi connectivity index (χ0n) is 9.91. The quantitative estimate of drug-likeness (QED) is 0.825. The summed E-state index contributed by atoms with van der Waals surface area (Å²) in [5.74, 6) is 0. The molecule has 1 saturated heterocycles. The maximum atomic E-state index is 9.81. The van der Waals surface area contributed by atoms with Gasteiger partial charge in [0.15, 0.2) is 6.29 Å². The van der Waals surface area contributed by atoms with E-state index < -0.39 is 18.5 Å². The predicted octanol–water partition coefficient (Wildman–Crippen LogP) is 1.43. The minimum atomic E-state index is -1.18. The van der Waals surface area contributed by atoms with Gasteiger partial charge in [-0.2, -0.15) is 0 Å².